The first-order valence-electron chi connectivity index (χ1n) is 6.13. The predicted octanol–water partition coefficient (Wildman–Crippen LogP) is 1.90. The first-order chi connectivity index (χ1) is 9.52. The van der Waals surface area contributed by atoms with Crippen LogP contribution in [0, 0.1) is 5.92 Å². The van der Waals surface area contributed by atoms with E-state index in [9.17, 15) is 14.4 Å². The Labute approximate surface area is 130 Å². The van der Waals surface area contributed by atoms with Gasteiger partial charge in [0.05, 0.1) is 18.2 Å². The van der Waals surface area contributed by atoms with E-state index in [0.29, 0.717) is 15.6 Å². The van der Waals surface area contributed by atoms with Crippen LogP contribution in [0.15, 0.2) is 24.3 Å². The molecule has 106 valence electrons. The number of hydrogen-bond acceptors (Lipinski definition) is 4. The summed E-state index contributed by atoms with van der Waals surface area (Å²) in [5, 5.41) is 0. The van der Waals surface area contributed by atoms with Gasteiger partial charge in [0.1, 0.15) is 6.04 Å². The first kappa shape index (κ1) is 15.0. The summed E-state index contributed by atoms with van der Waals surface area (Å²) in [5.74, 6) is -1.61. The van der Waals surface area contributed by atoms with Crippen LogP contribution in [0.2, 0.25) is 0 Å². The van der Waals surface area contributed by atoms with Crippen molar-refractivity contribution in [2.24, 2.45) is 5.92 Å². The summed E-state index contributed by atoms with van der Waals surface area (Å²) in [5.41, 5.74) is 0.680. The standard InChI is InChI=1S/C14H14INO4/c1-8(7-15)11(14(19)20-2)16-12(17)9-5-3-4-6-10(9)13(16)18/h3-6,8,11H,7H2,1-2H3/t8?,11-/m0/s1. The van der Waals surface area contributed by atoms with Crippen LogP contribution in [0.25, 0.3) is 0 Å². The number of imide groups is 1. The Kier molecular flexibility index (Phi) is 4.42. The van der Waals surface area contributed by atoms with Crippen LogP contribution in [0.3, 0.4) is 0 Å². The summed E-state index contributed by atoms with van der Waals surface area (Å²) in [6.45, 7) is 1.82. The van der Waals surface area contributed by atoms with Gasteiger partial charge in [-0.05, 0) is 18.1 Å². The molecule has 2 rings (SSSR count). The number of fused-ring (bicyclic) bond motifs is 1. The number of hydrogen-bond donors (Lipinski definition) is 0. The fraction of sp³-hybridized carbons (Fsp3) is 0.357. The van der Waals surface area contributed by atoms with Crippen LogP contribution < -0.4 is 0 Å². The van der Waals surface area contributed by atoms with Crippen molar-refractivity contribution in [3.05, 3.63) is 35.4 Å². The molecule has 0 bridgehead atoms. The maximum Gasteiger partial charge on any atom is 0.329 e. The van der Waals surface area contributed by atoms with Gasteiger partial charge in [0.15, 0.2) is 0 Å². The van der Waals surface area contributed by atoms with Crippen molar-refractivity contribution in [3.8, 4) is 0 Å². The zero-order valence-corrected chi connectivity index (χ0v) is 13.3. The number of halogens is 1. The van der Waals surface area contributed by atoms with Crippen molar-refractivity contribution in [1.82, 2.24) is 4.90 Å². The minimum atomic E-state index is -0.885. The third-order valence-electron chi connectivity index (χ3n) is 3.33. The molecule has 1 aliphatic rings. The van der Waals surface area contributed by atoms with Gasteiger partial charge >= 0.3 is 5.97 Å². The lowest BCUT2D eigenvalue weighted by Crippen LogP contribution is -2.49. The van der Waals surface area contributed by atoms with Crippen molar-refractivity contribution in [1.29, 1.82) is 0 Å². The maximum atomic E-state index is 12.4. The second-order valence-electron chi connectivity index (χ2n) is 4.63. The number of carbonyl (C=O) groups is 3. The highest BCUT2D eigenvalue weighted by atomic mass is 127. The van der Waals surface area contributed by atoms with Gasteiger partial charge in [-0.1, -0.05) is 41.6 Å². The van der Waals surface area contributed by atoms with Crippen molar-refractivity contribution < 1.29 is 19.1 Å². The number of nitrogens with zero attached hydrogens (tertiary/aromatic N) is 1. The second kappa shape index (κ2) is 5.90. The molecule has 0 saturated heterocycles. The Morgan fingerprint density at radius 2 is 1.75 bits per heavy atom. The average molecular weight is 387 g/mol. The lowest BCUT2D eigenvalue weighted by molar-refractivity contribution is -0.146. The molecular formula is C14H14INO4. The number of carbonyl (C=O) groups excluding carboxylic acids is 3. The normalized spacial score (nSPS) is 16.9. The van der Waals surface area contributed by atoms with E-state index in [0.717, 1.165) is 4.90 Å². The van der Waals surface area contributed by atoms with Gasteiger partial charge in [-0.25, -0.2) is 4.79 Å². The fourth-order valence-corrected chi connectivity index (χ4v) is 2.74. The molecule has 1 aliphatic heterocycles. The summed E-state index contributed by atoms with van der Waals surface area (Å²) in [7, 11) is 1.26. The molecule has 1 unspecified atom stereocenters. The number of rotatable bonds is 4. The zero-order valence-electron chi connectivity index (χ0n) is 11.1. The highest BCUT2D eigenvalue weighted by Gasteiger charge is 2.45. The van der Waals surface area contributed by atoms with E-state index in [1.807, 2.05) is 6.92 Å². The van der Waals surface area contributed by atoms with E-state index in [2.05, 4.69) is 22.6 Å². The third kappa shape index (κ3) is 2.32. The summed E-state index contributed by atoms with van der Waals surface area (Å²) < 4.78 is 5.38. The lowest BCUT2D eigenvalue weighted by Gasteiger charge is -2.27. The number of ether oxygens (including phenoxy) is 1. The monoisotopic (exact) mass is 387 g/mol. The van der Waals surface area contributed by atoms with Crippen molar-refractivity contribution in [2.45, 2.75) is 13.0 Å². The van der Waals surface area contributed by atoms with Crippen molar-refractivity contribution in [2.75, 3.05) is 11.5 Å². The number of methoxy groups -OCH3 is 1. The molecule has 5 nitrogen and oxygen atoms in total. The van der Waals surface area contributed by atoms with E-state index < -0.39 is 23.8 Å². The Morgan fingerprint density at radius 1 is 1.25 bits per heavy atom. The number of alkyl halides is 1. The molecule has 2 amide bonds. The van der Waals surface area contributed by atoms with Crippen LogP contribution in [0.4, 0.5) is 0 Å². The van der Waals surface area contributed by atoms with Gasteiger partial charge in [-0.2, -0.15) is 0 Å². The average Bonchev–Trinajstić information content (AvgIpc) is 2.72. The summed E-state index contributed by atoms with van der Waals surface area (Å²) >= 11 is 2.12. The molecule has 1 aromatic rings. The van der Waals surface area contributed by atoms with E-state index in [1.54, 1.807) is 24.3 Å². The van der Waals surface area contributed by atoms with Gasteiger partial charge in [0.2, 0.25) is 0 Å². The molecule has 1 aromatic carbocycles. The van der Waals surface area contributed by atoms with Gasteiger partial charge in [-0.15, -0.1) is 0 Å². The fourth-order valence-electron chi connectivity index (χ4n) is 2.26. The molecule has 0 fully saturated rings. The molecule has 0 saturated carbocycles. The summed E-state index contributed by atoms with van der Waals surface area (Å²) in [6.07, 6.45) is 0. The number of benzene rings is 1. The maximum absolute atomic E-state index is 12.4. The van der Waals surface area contributed by atoms with Crippen LogP contribution >= 0.6 is 22.6 Å². The highest BCUT2D eigenvalue weighted by Crippen LogP contribution is 2.28. The van der Waals surface area contributed by atoms with Crippen LogP contribution in [0.1, 0.15) is 27.6 Å². The quantitative estimate of drug-likeness (QED) is 0.343. The van der Waals surface area contributed by atoms with Gasteiger partial charge in [-0.3, -0.25) is 14.5 Å². The third-order valence-corrected chi connectivity index (χ3v) is 4.72. The van der Waals surface area contributed by atoms with E-state index >= 15 is 0 Å². The minimum absolute atomic E-state index is 0.176. The molecule has 0 aliphatic carbocycles. The van der Waals surface area contributed by atoms with Gasteiger partial charge in [0.25, 0.3) is 11.8 Å². The molecule has 0 N–H and O–H groups in total. The van der Waals surface area contributed by atoms with Gasteiger partial charge < -0.3 is 4.74 Å². The molecular weight excluding hydrogens is 373 g/mol. The smallest absolute Gasteiger partial charge is 0.329 e. The molecule has 20 heavy (non-hydrogen) atoms. The largest absolute Gasteiger partial charge is 0.467 e. The van der Waals surface area contributed by atoms with E-state index in [1.165, 1.54) is 7.11 Å². The molecule has 0 spiro atoms. The van der Waals surface area contributed by atoms with E-state index in [-0.39, 0.29) is 5.92 Å². The molecule has 2 atom stereocenters. The van der Waals surface area contributed by atoms with E-state index in [4.69, 9.17) is 4.74 Å². The molecule has 0 aromatic heterocycles. The Morgan fingerprint density at radius 3 is 2.15 bits per heavy atom. The molecule has 1 heterocycles. The number of esters is 1. The van der Waals surface area contributed by atoms with Gasteiger partial charge in [0, 0.05) is 4.43 Å². The minimum Gasteiger partial charge on any atom is -0.467 e. The Balaban J connectivity index is 2.44. The molecule has 0 radical (unpaired) electrons. The first-order valence-corrected chi connectivity index (χ1v) is 7.66. The predicted molar refractivity (Wildman–Crippen MR) is 80.8 cm³/mol. The Hall–Kier alpha value is -1.44. The van der Waals surface area contributed by atoms with Crippen molar-refractivity contribution >= 4 is 40.4 Å². The molecule has 6 heteroatoms. The van der Waals surface area contributed by atoms with Crippen molar-refractivity contribution in [3.63, 3.8) is 0 Å². The SMILES string of the molecule is COC(=O)[C@H](C(C)CI)N1C(=O)c2ccccc2C1=O. The van der Waals surface area contributed by atoms with Crippen LogP contribution in [-0.2, 0) is 9.53 Å². The summed E-state index contributed by atoms with van der Waals surface area (Å²) in [6, 6.07) is 5.70. The van der Waals surface area contributed by atoms with Crippen LogP contribution in [0.5, 0.6) is 0 Å². The Bertz CT molecular complexity index is 537. The second-order valence-corrected chi connectivity index (χ2v) is 5.51. The topological polar surface area (TPSA) is 63.7 Å². The number of amides is 2. The summed E-state index contributed by atoms with van der Waals surface area (Å²) in [4.78, 5) is 37.8. The van der Waals surface area contributed by atoms with Crippen LogP contribution in [-0.4, -0.2) is 40.3 Å². The zero-order chi connectivity index (χ0) is 14.9. The highest BCUT2D eigenvalue weighted by molar-refractivity contribution is 14.1. The lowest BCUT2D eigenvalue weighted by atomic mass is 10.0.